The van der Waals surface area contributed by atoms with Gasteiger partial charge < -0.3 is 5.32 Å². The number of alkyl halides is 4. The number of hydrogen-bond donors (Lipinski definition) is 1. The molecule has 0 unspecified atom stereocenters. The molecule has 1 rings (SSSR count). The first-order chi connectivity index (χ1) is 9.07. The number of nitrogens with one attached hydrogen (secondary N) is 1. The molecule has 0 bridgehead atoms. The van der Waals surface area contributed by atoms with Crippen LogP contribution in [0.3, 0.4) is 0 Å². The maximum absolute atomic E-state index is 12.9. The summed E-state index contributed by atoms with van der Waals surface area (Å²) in [6.07, 6.45) is -4.57. The molecule has 20 heavy (non-hydrogen) atoms. The number of halogens is 5. The fourth-order valence-electron chi connectivity index (χ4n) is 1.41. The molecule has 0 atom stereocenters. The number of carbonyl (C=O) groups excluding carboxylic acids is 1. The second-order valence-corrected chi connectivity index (χ2v) is 6.64. The largest absolute Gasteiger partial charge is 0.417 e. The lowest BCUT2D eigenvalue weighted by Gasteiger charge is -2.22. The van der Waals surface area contributed by atoms with Gasteiger partial charge in [0, 0.05) is 16.3 Å². The van der Waals surface area contributed by atoms with Gasteiger partial charge in [-0.2, -0.15) is 13.2 Å². The van der Waals surface area contributed by atoms with Crippen LogP contribution < -0.4 is 5.32 Å². The molecule has 0 heterocycles. The Morgan fingerprint density at radius 1 is 1.30 bits per heavy atom. The summed E-state index contributed by atoms with van der Waals surface area (Å²) in [4.78, 5) is 11.9. The summed E-state index contributed by atoms with van der Waals surface area (Å²) in [5, 5.41) is 3.17. The van der Waals surface area contributed by atoms with Gasteiger partial charge in [0.05, 0.1) is 11.1 Å². The molecule has 2 nitrogen and oxygen atoms in total. The molecular weight excluding hydrogens is 403 g/mol. The normalized spacial score (nSPS) is 12.3. The van der Waals surface area contributed by atoms with E-state index in [1.807, 2.05) is 13.8 Å². The third kappa shape index (κ3) is 4.77. The Kier molecular flexibility index (Phi) is 5.66. The van der Waals surface area contributed by atoms with Crippen LogP contribution >= 0.6 is 31.9 Å². The molecule has 0 saturated heterocycles. The summed E-state index contributed by atoms with van der Waals surface area (Å²) >= 11 is 6.28. The van der Waals surface area contributed by atoms with Gasteiger partial charge in [0.15, 0.2) is 0 Å². The van der Waals surface area contributed by atoms with Crippen LogP contribution in [-0.2, 0) is 6.18 Å². The molecule has 0 aromatic heterocycles. The van der Waals surface area contributed by atoms with Crippen molar-refractivity contribution in [3.05, 3.63) is 33.8 Å². The Hall–Kier alpha value is -0.560. The highest BCUT2D eigenvalue weighted by atomic mass is 79.9. The lowest BCUT2D eigenvalue weighted by atomic mass is 9.96. The van der Waals surface area contributed by atoms with Gasteiger partial charge in [-0.25, -0.2) is 0 Å². The van der Waals surface area contributed by atoms with Crippen molar-refractivity contribution in [1.29, 1.82) is 0 Å². The average molecular weight is 417 g/mol. The van der Waals surface area contributed by atoms with Crippen LogP contribution in [0.2, 0.25) is 0 Å². The van der Waals surface area contributed by atoms with Crippen LogP contribution in [0.25, 0.3) is 0 Å². The second-order valence-electron chi connectivity index (χ2n) is 5.17. The van der Waals surface area contributed by atoms with E-state index >= 15 is 0 Å². The first-order valence-corrected chi connectivity index (χ1v) is 7.69. The van der Waals surface area contributed by atoms with E-state index in [0.29, 0.717) is 5.33 Å². The molecule has 0 aliphatic rings. The van der Waals surface area contributed by atoms with Gasteiger partial charge in [0.25, 0.3) is 5.91 Å². The minimum atomic E-state index is -4.57. The third-order valence-electron chi connectivity index (χ3n) is 2.62. The number of rotatable bonds is 4. The molecule has 7 heteroatoms. The van der Waals surface area contributed by atoms with E-state index < -0.39 is 17.6 Å². The van der Waals surface area contributed by atoms with Crippen molar-refractivity contribution in [2.75, 3.05) is 11.9 Å². The minimum Gasteiger partial charge on any atom is -0.351 e. The Bertz CT molecular complexity index is 501. The lowest BCUT2D eigenvalue weighted by Crippen LogP contribution is -2.35. The summed E-state index contributed by atoms with van der Waals surface area (Å²) < 4.78 is 39.0. The standard InChI is InChI=1S/C13H14Br2F3NO/c1-12(2,6-14)7-19-11(20)9-4-3-8(15)5-10(9)13(16,17)18/h3-5H,6-7H2,1-2H3,(H,19,20). The van der Waals surface area contributed by atoms with Crippen molar-refractivity contribution in [2.24, 2.45) is 5.41 Å². The topological polar surface area (TPSA) is 29.1 Å². The molecule has 0 fully saturated rings. The van der Waals surface area contributed by atoms with Gasteiger partial charge in [0.1, 0.15) is 0 Å². The number of amides is 1. The van der Waals surface area contributed by atoms with E-state index in [2.05, 4.69) is 37.2 Å². The first-order valence-electron chi connectivity index (χ1n) is 5.78. The van der Waals surface area contributed by atoms with E-state index in [-0.39, 0.29) is 22.0 Å². The van der Waals surface area contributed by atoms with E-state index in [1.54, 1.807) is 0 Å². The van der Waals surface area contributed by atoms with Crippen LogP contribution in [0.15, 0.2) is 22.7 Å². The SMILES string of the molecule is CC(C)(CBr)CNC(=O)c1ccc(Br)cc1C(F)(F)F. The van der Waals surface area contributed by atoms with Gasteiger partial charge in [-0.15, -0.1) is 0 Å². The van der Waals surface area contributed by atoms with Gasteiger partial charge in [-0.05, 0) is 23.6 Å². The van der Waals surface area contributed by atoms with Gasteiger partial charge in [-0.3, -0.25) is 4.79 Å². The molecule has 1 N–H and O–H groups in total. The van der Waals surface area contributed by atoms with E-state index in [1.165, 1.54) is 12.1 Å². The van der Waals surface area contributed by atoms with E-state index in [0.717, 1.165) is 6.07 Å². The fraction of sp³-hybridized carbons (Fsp3) is 0.462. The van der Waals surface area contributed by atoms with E-state index in [4.69, 9.17) is 0 Å². The molecule has 1 amide bonds. The quantitative estimate of drug-likeness (QED) is 0.713. The Morgan fingerprint density at radius 2 is 1.90 bits per heavy atom. The zero-order valence-corrected chi connectivity index (χ0v) is 14.1. The van der Waals surface area contributed by atoms with Crippen LogP contribution in [0.5, 0.6) is 0 Å². The molecule has 0 aliphatic carbocycles. The van der Waals surface area contributed by atoms with Crippen molar-refractivity contribution < 1.29 is 18.0 Å². The summed E-state index contributed by atoms with van der Waals surface area (Å²) in [6, 6.07) is 3.49. The lowest BCUT2D eigenvalue weighted by molar-refractivity contribution is -0.138. The van der Waals surface area contributed by atoms with Crippen molar-refractivity contribution >= 4 is 37.8 Å². The Balaban J connectivity index is 2.99. The number of hydrogen-bond acceptors (Lipinski definition) is 1. The highest BCUT2D eigenvalue weighted by Crippen LogP contribution is 2.34. The molecule has 0 aliphatic heterocycles. The predicted octanol–water partition coefficient (Wildman–Crippen LogP) is 4.62. The Morgan fingerprint density at radius 3 is 2.40 bits per heavy atom. The average Bonchev–Trinajstić information content (AvgIpc) is 2.35. The second kappa shape index (κ2) is 6.47. The predicted molar refractivity (Wildman–Crippen MR) is 79.1 cm³/mol. The van der Waals surface area contributed by atoms with Crippen molar-refractivity contribution in [3.63, 3.8) is 0 Å². The monoisotopic (exact) mass is 415 g/mol. The maximum Gasteiger partial charge on any atom is 0.417 e. The zero-order valence-electron chi connectivity index (χ0n) is 10.9. The molecule has 0 radical (unpaired) electrons. The van der Waals surface area contributed by atoms with Crippen LogP contribution in [0.1, 0.15) is 29.8 Å². The number of benzene rings is 1. The summed E-state index contributed by atoms with van der Waals surface area (Å²) in [6.45, 7) is 4.08. The van der Waals surface area contributed by atoms with Gasteiger partial charge in [-0.1, -0.05) is 45.7 Å². The Labute approximate surface area is 132 Å². The maximum atomic E-state index is 12.9. The summed E-state index contributed by atoms with van der Waals surface area (Å²) in [5.74, 6) is -0.723. The van der Waals surface area contributed by atoms with Crippen LogP contribution in [0.4, 0.5) is 13.2 Å². The molecule has 1 aromatic carbocycles. The van der Waals surface area contributed by atoms with Crippen molar-refractivity contribution in [1.82, 2.24) is 5.32 Å². The molecule has 0 saturated carbocycles. The molecule has 0 spiro atoms. The van der Waals surface area contributed by atoms with Crippen LogP contribution in [-0.4, -0.2) is 17.8 Å². The zero-order chi connectivity index (χ0) is 15.6. The molecular formula is C13H14Br2F3NO. The first kappa shape index (κ1) is 17.5. The fourth-order valence-corrected chi connectivity index (χ4v) is 1.97. The van der Waals surface area contributed by atoms with Crippen LogP contribution in [0, 0.1) is 5.41 Å². The molecule has 112 valence electrons. The van der Waals surface area contributed by atoms with E-state index in [9.17, 15) is 18.0 Å². The highest BCUT2D eigenvalue weighted by Gasteiger charge is 2.35. The smallest absolute Gasteiger partial charge is 0.351 e. The summed E-state index contributed by atoms with van der Waals surface area (Å²) in [5.41, 5.74) is -1.55. The third-order valence-corrected chi connectivity index (χ3v) is 4.63. The van der Waals surface area contributed by atoms with Gasteiger partial charge in [0.2, 0.25) is 0 Å². The van der Waals surface area contributed by atoms with Gasteiger partial charge >= 0.3 is 6.18 Å². The van der Waals surface area contributed by atoms with Crippen molar-refractivity contribution in [3.8, 4) is 0 Å². The number of carbonyl (C=O) groups is 1. The van der Waals surface area contributed by atoms with Crippen molar-refractivity contribution in [2.45, 2.75) is 20.0 Å². The highest BCUT2D eigenvalue weighted by molar-refractivity contribution is 9.10. The molecule has 1 aromatic rings. The summed E-state index contributed by atoms with van der Waals surface area (Å²) in [7, 11) is 0. The minimum absolute atomic E-state index is 0.233.